The molecule has 7 nitrogen and oxygen atoms in total. The third kappa shape index (κ3) is 10.9. The van der Waals surface area contributed by atoms with Crippen LogP contribution in [0.4, 0.5) is 0 Å². The zero-order valence-electron chi connectivity index (χ0n) is 17.9. The summed E-state index contributed by atoms with van der Waals surface area (Å²) in [5, 5.41) is 12.5. The van der Waals surface area contributed by atoms with Gasteiger partial charge in [-0.1, -0.05) is 45.4 Å². The lowest BCUT2D eigenvalue weighted by atomic mass is 9.91. The summed E-state index contributed by atoms with van der Waals surface area (Å²) >= 11 is 3.94. The van der Waals surface area contributed by atoms with Crippen LogP contribution in [0.3, 0.4) is 0 Å². The molecule has 0 heterocycles. The largest absolute Gasteiger partial charge is 0.480 e. The van der Waals surface area contributed by atoms with Crippen LogP contribution in [-0.4, -0.2) is 65.9 Å². The molecule has 2 saturated carbocycles. The molecule has 0 aromatic rings. The Bertz CT molecular complexity index is 489. The first kappa shape index (κ1) is 25.8. The molecule has 29 heavy (non-hydrogen) atoms. The number of carbonyl (C=O) groups is 3. The number of hydrogen-bond donors (Lipinski definition) is 3. The van der Waals surface area contributed by atoms with Crippen molar-refractivity contribution in [1.82, 2.24) is 10.2 Å². The molecule has 2 aliphatic carbocycles. The van der Waals surface area contributed by atoms with Crippen molar-refractivity contribution in [3.63, 3.8) is 0 Å². The Labute approximate surface area is 180 Å². The standard InChI is InChI=1S/C12H23N.C9H15NO5S/c1-3-7-11(8-4-1)13-12-9-5-2-6-10-12;1-6(5-16)9(14)10(3-7(11)12)4-8(13)15-2/h11-13H,1-10H2;6,16H,3-5H2,1-2H3,(H,11,12)/t;6-/m.1/s1. The average Bonchev–Trinajstić information content (AvgIpc) is 2.73. The van der Waals surface area contributed by atoms with Crippen LogP contribution in [0.2, 0.25) is 0 Å². The second-order valence-electron chi connectivity index (χ2n) is 8.08. The lowest BCUT2D eigenvalue weighted by molar-refractivity contribution is -0.152. The van der Waals surface area contributed by atoms with Gasteiger partial charge in [0, 0.05) is 23.8 Å². The Kier molecular flexibility index (Phi) is 13.0. The highest BCUT2D eigenvalue weighted by Crippen LogP contribution is 2.22. The predicted molar refractivity (Wildman–Crippen MR) is 116 cm³/mol. The van der Waals surface area contributed by atoms with Gasteiger partial charge in [-0.05, 0) is 25.7 Å². The molecule has 1 amide bonds. The molecule has 0 saturated heterocycles. The summed E-state index contributed by atoms with van der Waals surface area (Å²) in [5.74, 6) is -2.41. The Morgan fingerprint density at radius 1 is 1.00 bits per heavy atom. The molecule has 0 bridgehead atoms. The fourth-order valence-electron chi connectivity index (χ4n) is 3.86. The number of nitrogens with one attached hydrogen (secondary N) is 1. The number of carboxylic acid groups (broad SMARTS) is 1. The van der Waals surface area contributed by atoms with E-state index in [0.717, 1.165) is 17.0 Å². The fourth-order valence-corrected chi connectivity index (χ4v) is 4.01. The van der Waals surface area contributed by atoms with E-state index in [9.17, 15) is 14.4 Å². The van der Waals surface area contributed by atoms with Crippen molar-refractivity contribution in [2.24, 2.45) is 5.92 Å². The highest BCUT2D eigenvalue weighted by molar-refractivity contribution is 7.80. The van der Waals surface area contributed by atoms with E-state index in [-0.39, 0.29) is 12.3 Å². The number of esters is 1. The maximum Gasteiger partial charge on any atom is 0.325 e. The minimum absolute atomic E-state index is 0.288. The van der Waals surface area contributed by atoms with Crippen LogP contribution in [0.1, 0.15) is 71.1 Å². The number of carbonyl (C=O) groups excluding carboxylic acids is 2. The van der Waals surface area contributed by atoms with Gasteiger partial charge in [0.25, 0.3) is 0 Å². The summed E-state index contributed by atoms with van der Waals surface area (Å²) in [7, 11) is 1.17. The highest BCUT2D eigenvalue weighted by Gasteiger charge is 2.24. The zero-order chi connectivity index (χ0) is 21.6. The topological polar surface area (TPSA) is 95.9 Å². The minimum Gasteiger partial charge on any atom is -0.480 e. The summed E-state index contributed by atoms with van der Waals surface area (Å²) < 4.78 is 4.38. The van der Waals surface area contributed by atoms with E-state index < -0.39 is 30.3 Å². The molecule has 0 radical (unpaired) electrons. The molecular formula is C21H38N2O5S. The van der Waals surface area contributed by atoms with Crippen LogP contribution in [0.15, 0.2) is 0 Å². The molecule has 0 spiro atoms. The van der Waals surface area contributed by atoms with Gasteiger partial charge >= 0.3 is 11.9 Å². The Morgan fingerprint density at radius 2 is 1.48 bits per heavy atom. The lowest BCUT2D eigenvalue weighted by Crippen LogP contribution is -2.42. The number of aliphatic carboxylic acids is 1. The molecular weight excluding hydrogens is 392 g/mol. The normalized spacial score (nSPS) is 18.9. The van der Waals surface area contributed by atoms with Gasteiger partial charge < -0.3 is 20.1 Å². The van der Waals surface area contributed by atoms with Crippen molar-refractivity contribution < 1.29 is 24.2 Å². The van der Waals surface area contributed by atoms with Crippen LogP contribution in [0.25, 0.3) is 0 Å². The summed E-state index contributed by atoms with van der Waals surface area (Å²) in [4.78, 5) is 34.1. The molecule has 2 fully saturated rings. The van der Waals surface area contributed by atoms with Gasteiger partial charge in [-0.2, -0.15) is 12.6 Å². The molecule has 2 aliphatic rings. The van der Waals surface area contributed by atoms with Crippen molar-refractivity contribution in [2.75, 3.05) is 26.0 Å². The number of amides is 1. The van der Waals surface area contributed by atoms with Gasteiger partial charge in [0.05, 0.1) is 7.11 Å². The Hall–Kier alpha value is -1.28. The van der Waals surface area contributed by atoms with Gasteiger partial charge in [-0.15, -0.1) is 0 Å². The number of nitrogens with zero attached hydrogens (tertiary/aromatic N) is 1. The van der Waals surface area contributed by atoms with Crippen molar-refractivity contribution in [1.29, 1.82) is 0 Å². The van der Waals surface area contributed by atoms with Gasteiger partial charge in [-0.3, -0.25) is 14.4 Å². The van der Waals surface area contributed by atoms with Crippen LogP contribution in [0, 0.1) is 5.92 Å². The van der Waals surface area contributed by atoms with Gasteiger partial charge in [0.1, 0.15) is 13.1 Å². The molecule has 0 aromatic heterocycles. The van der Waals surface area contributed by atoms with E-state index in [1.807, 2.05) is 0 Å². The highest BCUT2D eigenvalue weighted by atomic mass is 32.1. The molecule has 8 heteroatoms. The van der Waals surface area contributed by atoms with Crippen LogP contribution < -0.4 is 5.32 Å². The lowest BCUT2D eigenvalue weighted by Gasteiger charge is -2.30. The van der Waals surface area contributed by atoms with Crippen LogP contribution in [0.5, 0.6) is 0 Å². The van der Waals surface area contributed by atoms with Crippen molar-refractivity contribution in [2.45, 2.75) is 83.2 Å². The molecule has 0 aromatic carbocycles. The third-order valence-electron chi connectivity index (χ3n) is 5.56. The van der Waals surface area contributed by atoms with Crippen LogP contribution in [-0.2, 0) is 19.1 Å². The van der Waals surface area contributed by atoms with E-state index in [2.05, 4.69) is 22.7 Å². The third-order valence-corrected chi connectivity index (χ3v) is 6.11. The number of carboxylic acids is 1. The maximum atomic E-state index is 11.7. The van der Waals surface area contributed by atoms with Gasteiger partial charge in [0.15, 0.2) is 0 Å². The van der Waals surface area contributed by atoms with E-state index in [0.29, 0.717) is 0 Å². The molecule has 0 aliphatic heterocycles. The predicted octanol–water partition coefficient (Wildman–Crippen LogP) is 2.88. The Balaban J connectivity index is 0.000000294. The quantitative estimate of drug-likeness (QED) is 0.405. The van der Waals surface area contributed by atoms with E-state index in [1.54, 1.807) is 6.92 Å². The van der Waals surface area contributed by atoms with Gasteiger partial charge in [0.2, 0.25) is 5.91 Å². The number of ether oxygens (including phenoxy) is 1. The first-order valence-electron chi connectivity index (χ1n) is 10.8. The van der Waals surface area contributed by atoms with E-state index >= 15 is 0 Å². The van der Waals surface area contributed by atoms with Crippen molar-refractivity contribution >= 4 is 30.5 Å². The number of rotatable bonds is 8. The number of thiol groups is 1. The fraction of sp³-hybridized carbons (Fsp3) is 0.857. The summed E-state index contributed by atoms with van der Waals surface area (Å²) in [6, 6.07) is 1.74. The smallest absolute Gasteiger partial charge is 0.325 e. The van der Waals surface area contributed by atoms with Crippen molar-refractivity contribution in [3.8, 4) is 0 Å². The summed E-state index contributed by atoms with van der Waals surface area (Å²) in [6.45, 7) is 0.729. The van der Waals surface area contributed by atoms with E-state index in [1.165, 1.54) is 71.3 Å². The minimum atomic E-state index is -1.18. The van der Waals surface area contributed by atoms with Gasteiger partial charge in [-0.25, -0.2) is 0 Å². The number of hydrogen-bond acceptors (Lipinski definition) is 6. The first-order valence-corrected chi connectivity index (χ1v) is 11.4. The van der Waals surface area contributed by atoms with E-state index in [4.69, 9.17) is 5.11 Å². The second kappa shape index (κ2) is 14.7. The monoisotopic (exact) mass is 430 g/mol. The molecule has 1 atom stereocenters. The first-order chi connectivity index (χ1) is 13.9. The molecule has 2 rings (SSSR count). The van der Waals surface area contributed by atoms with Crippen LogP contribution >= 0.6 is 12.6 Å². The van der Waals surface area contributed by atoms with Crippen molar-refractivity contribution in [3.05, 3.63) is 0 Å². The second-order valence-corrected chi connectivity index (χ2v) is 8.45. The maximum absolute atomic E-state index is 11.7. The SMILES string of the molecule is C1CCC(NC2CCCCC2)CC1.COC(=O)CN(CC(=O)O)C(=O)[C@H](C)CS. The zero-order valence-corrected chi connectivity index (χ0v) is 18.8. The summed E-state index contributed by atoms with van der Waals surface area (Å²) in [6.07, 6.45) is 14.6. The molecule has 0 unspecified atom stereocenters. The summed E-state index contributed by atoms with van der Waals surface area (Å²) in [5.41, 5.74) is 0. The molecule has 168 valence electrons. The number of methoxy groups -OCH3 is 1. The molecule has 2 N–H and O–H groups in total. The average molecular weight is 431 g/mol. The Morgan fingerprint density at radius 3 is 1.86 bits per heavy atom.